The van der Waals surface area contributed by atoms with Crippen LogP contribution in [-0.4, -0.2) is 18.0 Å². The van der Waals surface area contributed by atoms with E-state index in [0.717, 1.165) is 22.2 Å². The van der Waals surface area contributed by atoms with Crippen molar-refractivity contribution in [1.82, 2.24) is 4.98 Å². The molecule has 1 N–H and O–H groups in total. The standard InChI is InChI=1S/C13H11ClN4S/c1-18(10-4-6-15-7-5-10)13-16-11-3-2-9(14)8-12(11)19-17-13/h2-8H,1H3,(H,16,17). The molecule has 4 nitrogen and oxygen atoms in total. The molecule has 0 spiro atoms. The molecule has 1 aromatic heterocycles. The van der Waals surface area contributed by atoms with Crippen LogP contribution in [0.1, 0.15) is 0 Å². The fourth-order valence-corrected chi connectivity index (χ4v) is 2.73. The third-order valence-corrected chi connectivity index (χ3v) is 3.82. The van der Waals surface area contributed by atoms with Crippen molar-refractivity contribution in [3.05, 3.63) is 47.7 Å². The molecule has 1 aromatic carbocycles. The summed E-state index contributed by atoms with van der Waals surface area (Å²) in [6, 6.07) is 9.60. The minimum atomic E-state index is 0.717. The predicted molar refractivity (Wildman–Crippen MR) is 81.0 cm³/mol. The van der Waals surface area contributed by atoms with Crippen LogP contribution in [0.25, 0.3) is 0 Å². The first-order valence-electron chi connectivity index (χ1n) is 5.69. The Balaban J connectivity index is 1.86. The number of hydrogen-bond donors (Lipinski definition) is 1. The molecule has 0 atom stereocenters. The molecule has 2 aromatic rings. The van der Waals surface area contributed by atoms with Gasteiger partial charge in [0.2, 0.25) is 5.96 Å². The van der Waals surface area contributed by atoms with Crippen LogP contribution in [0.3, 0.4) is 0 Å². The number of fused-ring (bicyclic) bond motifs is 1. The number of nitrogens with zero attached hydrogens (tertiary/aromatic N) is 3. The normalized spacial score (nSPS) is 13.3. The van der Waals surface area contributed by atoms with E-state index in [9.17, 15) is 0 Å². The molecule has 0 bridgehead atoms. The average molecular weight is 291 g/mol. The van der Waals surface area contributed by atoms with E-state index in [-0.39, 0.29) is 0 Å². The molecular weight excluding hydrogens is 280 g/mol. The Morgan fingerprint density at radius 2 is 2.00 bits per heavy atom. The van der Waals surface area contributed by atoms with Crippen LogP contribution in [-0.2, 0) is 0 Å². The molecule has 0 fully saturated rings. The molecular formula is C13H11ClN4S. The maximum absolute atomic E-state index is 5.96. The molecule has 1 aliphatic rings. The second-order valence-corrected chi connectivity index (χ2v) is 5.28. The summed E-state index contributed by atoms with van der Waals surface area (Å²) in [7, 11) is 1.96. The van der Waals surface area contributed by atoms with Gasteiger partial charge in [-0.15, -0.1) is 0 Å². The van der Waals surface area contributed by atoms with E-state index in [1.807, 2.05) is 42.3 Å². The van der Waals surface area contributed by atoms with Crippen LogP contribution in [0.15, 0.2) is 52.0 Å². The number of nitrogens with one attached hydrogen (secondary N) is 1. The van der Waals surface area contributed by atoms with Crippen molar-refractivity contribution in [2.75, 3.05) is 17.3 Å². The van der Waals surface area contributed by atoms with E-state index >= 15 is 0 Å². The van der Waals surface area contributed by atoms with E-state index < -0.39 is 0 Å². The molecule has 3 rings (SSSR count). The summed E-state index contributed by atoms with van der Waals surface area (Å²) in [6.07, 6.45) is 3.52. The van der Waals surface area contributed by atoms with Crippen LogP contribution < -0.4 is 10.2 Å². The predicted octanol–water partition coefficient (Wildman–Crippen LogP) is 3.66. The van der Waals surface area contributed by atoms with Gasteiger partial charge in [-0.2, -0.15) is 4.40 Å². The fourth-order valence-electron chi connectivity index (χ4n) is 1.75. The van der Waals surface area contributed by atoms with E-state index in [0.29, 0.717) is 5.02 Å². The number of halogens is 1. The van der Waals surface area contributed by atoms with Crippen LogP contribution >= 0.6 is 23.5 Å². The van der Waals surface area contributed by atoms with Crippen molar-refractivity contribution in [2.45, 2.75) is 4.90 Å². The summed E-state index contributed by atoms with van der Waals surface area (Å²) < 4.78 is 4.46. The van der Waals surface area contributed by atoms with Crippen LogP contribution in [0.2, 0.25) is 5.02 Å². The molecule has 0 unspecified atom stereocenters. The van der Waals surface area contributed by atoms with Crippen LogP contribution in [0.4, 0.5) is 11.4 Å². The second kappa shape index (κ2) is 5.11. The van der Waals surface area contributed by atoms with E-state index in [4.69, 9.17) is 11.6 Å². The number of aromatic nitrogens is 1. The lowest BCUT2D eigenvalue weighted by molar-refractivity contribution is 1.21. The quantitative estimate of drug-likeness (QED) is 0.814. The Hall–Kier alpha value is -1.72. The zero-order valence-electron chi connectivity index (χ0n) is 10.2. The molecule has 0 saturated carbocycles. The van der Waals surface area contributed by atoms with Crippen molar-refractivity contribution in [2.24, 2.45) is 4.40 Å². The lowest BCUT2D eigenvalue weighted by Gasteiger charge is -2.25. The van der Waals surface area contributed by atoms with Crippen molar-refractivity contribution in [3.63, 3.8) is 0 Å². The van der Waals surface area contributed by atoms with Crippen LogP contribution in [0.5, 0.6) is 0 Å². The highest BCUT2D eigenvalue weighted by Crippen LogP contribution is 2.34. The molecule has 0 radical (unpaired) electrons. The average Bonchev–Trinajstić information content (AvgIpc) is 2.47. The summed E-state index contributed by atoms with van der Waals surface area (Å²) in [5, 5.41) is 4.02. The molecule has 6 heteroatoms. The van der Waals surface area contributed by atoms with Gasteiger partial charge in [-0.1, -0.05) is 11.6 Å². The van der Waals surface area contributed by atoms with E-state index in [1.54, 1.807) is 12.4 Å². The molecule has 0 amide bonds. The Kier molecular flexibility index (Phi) is 3.31. The minimum Gasteiger partial charge on any atom is -0.324 e. The third kappa shape index (κ3) is 2.52. The summed E-state index contributed by atoms with van der Waals surface area (Å²) in [5.74, 6) is 0.783. The number of benzene rings is 1. The third-order valence-electron chi connectivity index (χ3n) is 2.79. The van der Waals surface area contributed by atoms with Gasteiger partial charge in [0.15, 0.2) is 0 Å². The SMILES string of the molecule is CN(C1=NSc2cc(Cl)ccc2N1)c1ccncc1. The Morgan fingerprint density at radius 1 is 1.21 bits per heavy atom. The van der Waals surface area contributed by atoms with Crippen molar-refractivity contribution >= 4 is 40.9 Å². The van der Waals surface area contributed by atoms with Crippen molar-refractivity contribution in [1.29, 1.82) is 0 Å². The van der Waals surface area contributed by atoms with E-state index in [2.05, 4.69) is 14.7 Å². The Morgan fingerprint density at radius 3 is 2.79 bits per heavy atom. The highest BCUT2D eigenvalue weighted by Gasteiger charge is 2.16. The minimum absolute atomic E-state index is 0.717. The smallest absolute Gasteiger partial charge is 0.214 e. The Bertz CT molecular complexity index is 630. The van der Waals surface area contributed by atoms with Gasteiger partial charge in [0.05, 0.1) is 10.6 Å². The molecule has 0 saturated heterocycles. The summed E-state index contributed by atoms with van der Waals surface area (Å²) in [6.45, 7) is 0. The van der Waals surface area contributed by atoms with Gasteiger partial charge in [0.1, 0.15) is 0 Å². The lowest BCUT2D eigenvalue weighted by Crippen LogP contribution is -2.33. The van der Waals surface area contributed by atoms with Gasteiger partial charge in [0, 0.05) is 42.1 Å². The summed E-state index contributed by atoms with van der Waals surface area (Å²) in [4.78, 5) is 7.02. The topological polar surface area (TPSA) is 40.5 Å². The van der Waals surface area contributed by atoms with Crippen molar-refractivity contribution < 1.29 is 0 Å². The van der Waals surface area contributed by atoms with E-state index in [1.165, 1.54) is 11.9 Å². The van der Waals surface area contributed by atoms with Crippen LogP contribution in [0, 0.1) is 0 Å². The monoisotopic (exact) mass is 290 g/mol. The molecule has 96 valence electrons. The zero-order chi connectivity index (χ0) is 13.2. The zero-order valence-corrected chi connectivity index (χ0v) is 11.7. The number of anilines is 2. The van der Waals surface area contributed by atoms with Gasteiger partial charge in [0.25, 0.3) is 0 Å². The van der Waals surface area contributed by atoms with Gasteiger partial charge >= 0.3 is 0 Å². The Labute approximate surface area is 120 Å². The number of pyridine rings is 1. The van der Waals surface area contributed by atoms with Crippen molar-refractivity contribution in [3.8, 4) is 0 Å². The first-order chi connectivity index (χ1) is 9.24. The summed E-state index contributed by atoms with van der Waals surface area (Å²) in [5.41, 5.74) is 2.04. The first-order valence-corrected chi connectivity index (χ1v) is 6.84. The molecule has 0 aliphatic carbocycles. The largest absolute Gasteiger partial charge is 0.324 e. The molecule has 1 aliphatic heterocycles. The van der Waals surface area contributed by atoms with Gasteiger partial charge in [-0.3, -0.25) is 4.98 Å². The number of rotatable bonds is 1. The maximum atomic E-state index is 5.96. The molecule has 19 heavy (non-hydrogen) atoms. The first kappa shape index (κ1) is 12.3. The number of hydrogen-bond acceptors (Lipinski definition) is 5. The van der Waals surface area contributed by atoms with Gasteiger partial charge in [-0.05, 0) is 30.3 Å². The second-order valence-electron chi connectivity index (χ2n) is 4.04. The summed E-state index contributed by atoms with van der Waals surface area (Å²) >= 11 is 7.38. The van der Waals surface area contributed by atoms with Gasteiger partial charge in [-0.25, -0.2) is 0 Å². The van der Waals surface area contributed by atoms with Gasteiger partial charge < -0.3 is 10.2 Å². The lowest BCUT2D eigenvalue weighted by atomic mass is 10.3. The fraction of sp³-hybridized carbons (Fsp3) is 0.0769. The highest BCUT2D eigenvalue weighted by molar-refractivity contribution is 7.98. The maximum Gasteiger partial charge on any atom is 0.214 e. The highest BCUT2D eigenvalue weighted by atomic mass is 35.5. The molecule has 2 heterocycles. The number of guanidine groups is 1.